The third-order valence-electron chi connectivity index (χ3n) is 5.30. The van der Waals surface area contributed by atoms with Crippen LogP contribution in [0.25, 0.3) is 11.4 Å². The summed E-state index contributed by atoms with van der Waals surface area (Å²) in [6.07, 6.45) is 0.777. The number of benzene rings is 1. The summed E-state index contributed by atoms with van der Waals surface area (Å²) in [6, 6.07) is 10.0. The maximum Gasteiger partial charge on any atom is 0.341 e. The van der Waals surface area contributed by atoms with E-state index in [1.165, 1.54) is 28.8 Å². The first-order chi connectivity index (χ1) is 16.4. The van der Waals surface area contributed by atoms with Gasteiger partial charge in [-0.1, -0.05) is 18.7 Å². The van der Waals surface area contributed by atoms with Gasteiger partial charge in [0.1, 0.15) is 5.00 Å². The third kappa shape index (κ3) is 5.98. The van der Waals surface area contributed by atoms with Gasteiger partial charge in [-0.25, -0.2) is 4.79 Å². The molecule has 1 N–H and O–H groups in total. The summed E-state index contributed by atoms with van der Waals surface area (Å²) in [6.45, 7) is 10.2. The molecule has 0 unspecified atom stereocenters. The van der Waals surface area contributed by atoms with E-state index < -0.39 is 5.97 Å². The number of carbonyl (C=O) groups excluding carboxylic acids is 2. The summed E-state index contributed by atoms with van der Waals surface area (Å²) < 4.78 is 7.00. The average molecular weight is 502 g/mol. The lowest BCUT2D eigenvalue weighted by Gasteiger charge is -2.21. The Hall–Kier alpha value is -2.85. The Bertz CT molecular complexity index is 1120. The second-order valence-electron chi connectivity index (χ2n) is 7.45. The second-order valence-corrected chi connectivity index (χ2v) is 9.53. The van der Waals surface area contributed by atoms with E-state index in [-0.39, 0.29) is 18.3 Å². The van der Waals surface area contributed by atoms with Crippen molar-refractivity contribution in [3.8, 4) is 11.4 Å². The molecule has 1 aromatic carbocycles. The highest BCUT2D eigenvalue weighted by atomic mass is 32.2. The van der Waals surface area contributed by atoms with Crippen molar-refractivity contribution in [1.29, 1.82) is 0 Å². The highest BCUT2D eigenvalue weighted by Crippen LogP contribution is 2.30. The zero-order valence-electron chi connectivity index (χ0n) is 20.3. The van der Waals surface area contributed by atoms with Gasteiger partial charge in [0.2, 0.25) is 5.91 Å². The molecule has 0 spiro atoms. The van der Waals surface area contributed by atoms with Crippen molar-refractivity contribution >= 4 is 45.7 Å². The van der Waals surface area contributed by atoms with Crippen LogP contribution < -0.4 is 10.2 Å². The van der Waals surface area contributed by atoms with Gasteiger partial charge >= 0.3 is 5.97 Å². The number of nitrogens with one attached hydrogen (secondary N) is 1. The van der Waals surface area contributed by atoms with E-state index in [1.807, 2.05) is 30.7 Å². The number of hydrogen-bond acceptors (Lipinski definition) is 8. The molecule has 0 aliphatic heterocycles. The fraction of sp³-hybridized carbons (Fsp3) is 0.417. The number of nitrogens with zero attached hydrogens (tertiary/aromatic N) is 4. The van der Waals surface area contributed by atoms with Crippen LogP contribution in [0, 0.1) is 0 Å². The Morgan fingerprint density at radius 2 is 1.82 bits per heavy atom. The molecule has 3 rings (SSSR count). The SMILES string of the molecule is CCOC(=O)c1cc(CC)sc1NC(=O)CSc1nnc(-c2ccc(N(CC)CC)cc2)n1C. The lowest BCUT2D eigenvalue weighted by molar-refractivity contribution is -0.113. The van der Waals surface area contributed by atoms with Crippen LogP contribution in [0.3, 0.4) is 0 Å². The summed E-state index contributed by atoms with van der Waals surface area (Å²) in [7, 11) is 1.89. The normalized spacial score (nSPS) is 10.9. The minimum absolute atomic E-state index is 0.147. The molecule has 0 fully saturated rings. The smallest absolute Gasteiger partial charge is 0.341 e. The third-order valence-corrected chi connectivity index (χ3v) is 7.52. The molecule has 2 aromatic heterocycles. The maximum atomic E-state index is 12.6. The monoisotopic (exact) mass is 501 g/mol. The number of aryl methyl sites for hydroxylation is 1. The molecule has 10 heteroatoms. The van der Waals surface area contributed by atoms with E-state index in [2.05, 4.69) is 46.4 Å². The van der Waals surface area contributed by atoms with Crippen LogP contribution in [0.5, 0.6) is 0 Å². The van der Waals surface area contributed by atoms with Gasteiger partial charge in [0.15, 0.2) is 11.0 Å². The number of rotatable bonds is 11. The van der Waals surface area contributed by atoms with Crippen molar-refractivity contribution in [2.45, 2.75) is 39.3 Å². The highest BCUT2D eigenvalue weighted by Gasteiger charge is 2.19. The Kier molecular flexibility index (Phi) is 9.12. The number of thioether (sulfide) groups is 1. The molecular weight excluding hydrogens is 470 g/mol. The van der Waals surface area contributed by atoms with E-state index >= 15 is 0 Å². The molecule has 0 bridgehead atoms. The molecule has 1 amide bonds. The highest BCUT2D eigenvalue weighted by molar-refractivity contribution is 7.99. The van der Waals surface area contributed by atoms with Gasteiger partial charge in [0.05, 0.1) is 17.9 Å². The molecular formula is C24H31N5O3S2. The van der Waals surface area contributed by atoms with Crippen molar-refractivity contribution in [2.75, 3.05) is 35.7 Å². The van der Waals surface area contributed by atoms with Crippen molar-refractivity contribution in [3.05, 3.63) is 40.8 Å². The van der Waals surface area contributed by atoms with E-state index in [4.69, 9.17) is 4.74 Å². The Balaban J connectivity index is 1.66. The summed E-state index contributed by atoms with van der Waals surface area (Å²) in [5.41, 5.74) is 2.53. The van der Waals surface area contributed by atoms with Gasteiger partial charge in [-0.15, -0.1) is 21.5 Å². The molecule has 34 heavy (non-hydrogen) atoms. The van der Waals surface area contributed by atoms with Gasteiger partial charge in [0, 0.05) is 36.3 Å². The largest absolute Gasteiger partial charge is 0.462 e. The number of aromatic nitrogens is 3. The van der Waals surface area contributed by atoms with E-state index in [0.717, 1.165) is 35.8 Å². The Morgan fingerprint density at radius 3 is 2.44 bits per heavy atom. The summed E-state index contributed by atoms with van der Waals surface area (Å²) in [4.78, 5) is 28.1. The van der Waals surface area contributed by atoms with Crippen LogP contribution in [-0.4, -0.2) is 52.1 Å². The van der Waals surface area contributed by atoms with Crippen LogP contribution in [0.15, 0.2) is 35.5 Å². The predicted octanol–water partition coefficient (Wildman–Crippen LogP) is 4.86. The predicted molar refractivity (Wildman–Crippen MR) is 139 cm³/mol. The summed E-state index contributed by atoms with van der Waals surface area (Å²) >= 11 is 2.70. The van der Waals surface area contributed by atoms with Gasteiger partial charge in [-0.2, -0.15) is 0 Å². The van der Waals surface area contributed by atoms with Crippen molar-refractivity contribution in [2.24, 2.45) is 7.05 Å². The average Bonchev–Trinajstić information content (AvgIpc) is 3.42. The van der Waals surface area contributed by atoms with Crippen molar-refractivity contribution in [3.63, 3.8) is 0 Å². The summed E-state index contributed by atoms with van der Waals surface area (Å²) in [5.74, 6) is 0.248. The first kappa shape index (κ1) is 25.8. The molecule has 182 valence electrons. The van der Waals surface area contributed by atoms with Gasteiger partial charge in [-0.05, 0) is 57.5 Å². The van der Waals surface area contributed by atoms with Gasteiger partial charge in [0.25, 0.3) is 0 Å². The first-order valence-corrected chi connectivity index (χ1v) is 13.2. The zero-order chi connectivity index (χ0) is 24.7. The van der Waals surface area contributed by atoms with E-state index in [0.29, 0.717) is 15.7 Å². The number of amides is 1. The van der Waals surface area contributed by atoms with Crippen LogP contribution in [-0.2, 0) is 23.0 Å². The van der Waals surface area contributed by atoms with Crippen molar-refractivity contribution in [1.82, 2.24) is 14.8 Å². The van der Waals surface area contributed by atoms with E-state index in [9.17, 15) is 9.59 Å². The number of esters is 1. The standard InChI is InChI=1S/C24H31N5O3S2/c1-6-18-14-19(23(31)32-9-4)22(34-18)25-20(30)15-33-24-27-26-21(28(24)5)16-10-12-17(13-11-16)29(7-2)8-3/h10-14H,6-9,15H2,1-5H3,(H,25,30). The Labute approximate surface area is 208 Å². The molecule has 0 aliphatic carbocycles. The number of ether oxygens (including phenoxy) is 1. The quantitative estimate of drug-likeness (QED) is 0.296. The van der Waals surface area contributed by atoms with E-state index in [1.54, 1.807) is 13.0 Å². The summed E-state index contributed by atoms with van der Waals surface area (Å²) in [5, 5.41) is 12.6. The minimum Gasteiger partial charge on any atom is -0.462 e. The fourth-order valence-electron chi connectivity index (χ4n) is 3.46. The Morgan fingerprint density at radius 1 is 1.12 bits per heavy atom. The number of anilines is 2. The molecule has 2 heterocycles. The number of carbonyl (C=O) groups is 2. The van der Waals surface area contributed by atoms with Crippen LogP contribution in [0.1, 0.15) is 42.9 Å². The molecule has 0 radical (unpaired) electrons. The first-order valence-electron chi connectivity index (χ1n) is 11.4. The van der Waals surface area contributed by atoms with Crippen LogP contribution >= 0.6 is 23.1 Å². The zero-order valence-corrected chi connectivity index (χ0v) is 21.9. The maximum absolute atomic E-state index is 12.6. The minimum atomic E-state index is -0.425. The molecule has 0 saturated carbocycles. The number of thiophene rings is 1. The lowest BCUT2D eigenvalue weighted by Crippen LogP contribution is -2.21. The van der Waals surface area contributed by atoms with Gasteiger partial charge in [-0.3, -0.25) is 4.79 Å². The molecule has 8 nitrogen and oxygen atoms in total. The van der Waals surface area contributed by atoms with Crippen LogP contribution in [0.2, 0.25) is 0 Å². The molecule has 3 aromatic rings. The topological polar surface area (TPSA) is 89.3 Å². The molecule has 0 atom stereocenters. The van der Waals surface area contributed by atoms with Gasteiger partial charge < -0.3 is 19.5 Å². The lowest BCUT2D eigenvalue weighted by atomic mass is 10.2. The van der Waals surface area contributed by atoms with Crippen LogP contribution in [0.4, 0.5) is 10.7 Å². The fourth-order valence-corrected chi connectivity index (χ4v) is 5.18. The molecule has 0 aliphatic rings. The number of hydrogen-bond donors (Lipinski definition) is 1. The van der Waals surface area contributed by atoms with Crippen molar-refractivity contribution < 1.29 is 14.3 Å². The second kappa shape index (κ2) is 12.0. The molecule has 0 saturated heterocycles.